The van der Waals surface area contributed by atoms with Crippen LogP contribution in [0.15, 0.2) is 0 Å². The van der Waals surface area contributed by atoms with Crippen LogP contribution in [0.25, 0.3) is 0 Å². The van der Waals surface area contributed by atoms with Gasteiger partial charge in [-0.3, -0.25) is 0 Å². The summed E-state index contributed by atoms with van der Waals surface area (Å²) in [5.74, 6) is 0. The van der Waals surface area contributed by atoms with Crippen LogP contribution in [0.5, 0.6) is 0 Å². The van der Waals surface area contributed by atoms with E-state index in [1.54, 1.807) is 0 Å². The van der Waals surface area contributed by atoms with Crippen molar-refractivity contribution in [2.75, 3.05) is 13.2 Å². The minimum atomic E-state index is 0.939. The molecule has 0 saturated carbocycles. The van der Waals surface area contributed by atoms with Crippen LogP contribution in [0.3, 0.4) is 0 Å². The quantitative estimate of drug-likeness (QED) is 0.481. The molecular formula is C11H24O. The van der Waals surface area contributed by atoms with Gasteiger partial charge in [-0.2, -0.15) is 0 Å². The zero-order valence-electron chi connectivity index (χ0n) is 8.77. The van der Waals surface area contributed by atoms with Gasteiger partial charge in [0.05, 0.1) is 0 Å². The number of hydrogen-bond acceptors (Lipinski definition) is 1. The molecule has 0 amide bonds. The summed E-state index contributed by atoms with van der Waals surface area (Å²) < 4.78 is 5.39. The van der Waals surface area contributed by atoms with Gasteiger partial charge >= 0.3 is 0 Å². The zero-order chi connectivity index (χ0) is 9.07. The Labute approximate surface area is 77.5 Å². The fourth-order valence-electron chi connectivity index (χ4n) is 1.23. The number of rotatable bonds is 9. The predicted molar refractivity (Wildman–Crippen MR) is 54.5 cm³/mol. The molecule has 0 radical (unpaired) electrons. The van der Waals surface area contributed by atoms with Crippen molar-refractivity contribution in [3.05, 3.63) is 0 Å². The van der Waals surface area contributed by atoms with Crippen LogP contribution in [0.1, 0.15) is 58.8 Å². The predicted octanol–water partition coefficient (Wildman–Crippen LogP) is 3.77. The van der Waals surface area contributed by atoms with Gasteiger partial charge in [-0.05, 0) is 12.8 Å². The SMILES string of the molecule is CCCCCCCCOCCC. The largest absolute Gasteiger partial charge is 0.381 e. The third-order valence-corrected chi connectivity index (χ3v) is 1.99. The molecule has 0 aromatic carbocycles. The summed E-state index contributed by atoms with van der Waals surface area (Å²) in [5, 5.41) is 0. The average Bonchev–Trinajstić information content (AvgIpc) is 2.10. The van der Waals surface area contributed by atoms with Gasteiger partial charge in [-0.1, -0.05) is 46.0 Å². The lowest BCUT2D eigenvalue weighted by Crippen LogP contribution is -1.95. The third kappa shape index (κ3) is 9.96. The van der Waals surface area contributed by atoms with Gasteiger partial charge in [0.15, 0.2) is 0 Å². The van der Waals surface area contributed by atoms with E-state index in [0.717, 1.165) is 19.6 Å². The van der Waals surface area contributed by atoms with Gasteiger partial charge in [0.25, 0.3) is 0 Å². The van der Waals surface area contributed by atoms with Crippen molar-refractivity contribution in [2.45, 2.75) is 58.8 Å². The average molecular weight is 172 g/mol. The van der Waals surface area contributed by atoms with Gasteiger partial charge in [0, 0.05) is 13.2 Å². The fourth-order valence-corrected chi connectivity index (χ4v) is 1.23. The highest BCUT2D eigenvalue weighted by Gasteiger charge is 1.89. The lowest BCUT2D eigenvalue weighted by molar-refractivity contribution is 0.130. The first-order valence-electron chi connectivity index (χ1n) is 5.49. The Bertz CT molecular complexity index is 61.4. The molecule has 0 unspecified atom stereocenters. The molecule has 74 valence electrons. The van der Waals surface area contributed by atoms with E-state index in [-0.39, 0.29) is 0 Å². The monoisotopic (exact) mass is 172 g/mol. The minimum absolute atomic E-state index is 0.939. The first-order chi connectivity index (χ1) is 5.91. The molecule has 0 aromatic rings. The molecule has 0 aliphatic heterocycles. The van der Waals surface area contributed by atoms with E-state index in [9.17, 15) is 0 Å². The van der Waals surface area contributed by atoms with E-state index >= 15 is 0 Å². The van der Waals surface area contributed by atoms with E-state index in [1.165, 1.54) is 38.5 Å². The van der Waals surface area contributed by atoms with Crippen molar-refractivity contribution in [3.63, 3.8) is 0 Å². The molecular weight excluding hydrogens is 148 g/mol. The highest BCUT2D eigenvalue weighted by Crippen LogP contribution is 2.04. The van der Waals surface area contributed by atoms with Gasteiger partial charge in [0.2, 0.25) is 0 Å². The Morgan fingerprint density at radius 1 is 0.667 bits per heavy atom. The van der Waals surface area contributed by atoms with Crippen molar-refractivity contribution in [3.8, 4) is 0 Å². The highest BCUT2D eigenvalue weighted by molar-refractivity contribution is 4.43. The standard InChI is InChI=1S/C11H24O/c1-3-5-6-7-8-9-11-12-10-4-2/h3-11H2,1-2H3. The normalized spacial score (nSPS) is 10.5. The number of hydrogen-bond donors (Lipinski definition) is 0. The maximum Gasteiger partial charge on any atom is 0.0466 e. The Morgan fingerprint density at radius 3 is 2.00 bits per heavy atom. The molecule has 1 nitrogen and oxygen atoms in total. The van der Waals surface area contributed by atoms with Crippen molar-refractivity contribution in [2.24, 2.45) is 0 Å². The molecule has 12 heavy (non-hydrogen) atoms. The molecule has 0 rings (SSSR count). The van der Waals surface area contributed by atoms with E-state index in [2.05, 4.69) is 13.8 Å². The molecule has 0 heterocycles. The molecule has 0 bridgehead atoms. The van der Waals surface area contributed by atoms with Crippen molar-refractivity contribution < 1.29 is 4.74 Å². The van der Waals surface area contributed by atoms with Gasteiger partial charge in [0.1, 0.15) is 0 Å². The molecule has 0 spiro atoms. The van der Waals surface area contributed by atoms with Crippen LogP contribution < -0.4 is 0 Å². The molecule has 0 aromatic heterocycles. The third-order valence-electron chi connectivity index (χ3n) is 1.99. The van der Waals surface area contributed by atoms with Crippen molar-refractivity contribution >= 4 is 0 Å². The Balaban J connectivity index is 2.73. The van der Waals surface area contributed by atoms with Crippen molar-refractivity contribution in [1.29, 1.82) is 0 Å². The highest BCUT2D eigenvalue weighted by atomic mass is 16.5. The van der Waals surface area contributed by atoms with Crippen LogP contribution in [0, 0.1) is 0 Å². The molecule has 0 aliphatic rings. The fraction of sp³-hybridized carbons (Fsp3) is 1.00. The lowest BCUT2D eigenvalue weighted by atomic mass is 10.1. The summed E-state index contributed by atoms with van der Waals surface area (Å²) in [6.45, 7) is 6.32. The maximum absolute atomic E-state index is 5.39. The summed E-state index contributed by atoms with van der Waals surface area (Å²) in [6.07, 6.45) is 9.29. The second-order valence-electron chi connectivity index (χ2n) is 3.38. The maximum atomic E-state index is 5.39. The molecule has 0 saturated heterocycles. The number of unbranched alkanes of at least 4 members (excludes halogenated alkanes) is 5. The zero-order valence-corrected chi connectivity index (χ0v) is 8.77. The first-order valence-corrected chi connectivity index (χ1v) is 5.49. The topological polar surface area (TPSA) is 9.23 Å². The molecule has 0 atom stereocenters. The first kappa shape index (κ1) is 12.0. The summed E-state index contributed by atoms with van der Waals surface area (Å²) in [6, 6.07) is 0. The summed E-state index contributed by atoms with van der Waals surface area (Å²) >= 11 is 0. The second kappa shape index (κ2) is 11.0. The van der Waals surface area contributed by atoms with E-state index < -0.39 is 0 Å². The molecule has 0 N–H and O–H groups in total. The van der Waals surface area contributed by atoms with Crippen LogP contribution in [-0.2, 0) is 4.74 Å². The lowest BCUT2D eigenvalue weighted by Gasteiger charge is -2.01. The van der Waals surface area contributed by atoms with Crippen LogP contribution in [0.4, 0.5) is 0 Å². The second-order valence-corrected chi connectivity index (χ2v) is 3.38. The van der Waals surface area contributed by atoms with Gasteiger partial charge in [-0.15, -0.1) is 0 Å². The molecule has 1 heteroatoms. The minimum Gasteiger partial charge on any atom is -0.381 e. The van der Waals surface area contributed by atoms with E-state index in [4.69, 9.17) is 4.74 Å². The van der Waals surface area contributed by atoms with Gasteiger partial charge in [-0.25, -0.2) is 0 Å². The summed E-state index contributed by atoms with van der Waals surface area (Å²) in [5.41, 5.74) is 0. The van der Waals surface area contributed by atoms with Crippen LogP contribution in [0.2, 0.25) is 0 Å². The van der Waals surface area contributed by atoms with Crippen LogP contribution in [-0.4, -0.2) is 13.2 Å². The summed E-state index contributed by atoms with van der Waals surface area (Å²) in [4.78, 5) is 0. The van der Waals surface area contributed by atoms with Crippen molar-refractivity contribution in [1.82, 2.24) is 0 Å². The van der Waals surface area contributed by atoms with E-state index in [1.807, 2.05) is 0 Å². The van der Waals surface area contributed by atoms with Gasteiger partial charge < -0.3 is 4.74 Å². The Hall–Kier alpha value is -0.0400. The Morgan fingerprint density at radius 2 is 1.33 bits per heavy atom. The summed E-state index contributed by atoms with van der Waals surface area (Å²) in [7, 11) is 0. The van der Waals surface area contributed by atoms with E-state index in [0.29, 0.717) is 0 Å². The van der Waals surface area contributed by atoms with Crippen LogP contribution >= 0.6 is 0 Å². The molecule has 0 fully saturated rings. The smallest absolute Gasteiger partial charge is 0.0466 e. The Kier molecular flexibility index (Phi) is 10.9. The molecule has 0 aliphatic carbocycles. The number of ether oxygens (including phenoxy) is 1.